The van der Waals surface area contributed by atoms with Crippen molar-refractivity contribution in [1.29, 1.82) is 0 Å². The summed E-state index contributed by atoms with van der Waals surface area (Å²) < 4.78 is 1.92. The quantitative estimate of drug-likeness (QED) is 0.671. The molecule has 1 saturated carbocycles. The number of aryl methyl sites for hydroxylation is 3. The largest absolute Gasteiger partial charge is 0.352 e. The number of anilines is 1. The second-order valence-corrected chi connectivity index (χ2v) is 8.57. The molecular weight excluding hydrogens is 376 g/mol. The van der Waals surface area contributed by atoms with Gasteiger partial charge in [0.15, 0.2) is 5.65 Å². The van der Waals surface area contributed by atoms with Crippen LogP contribution in [0, 0.1) is 26.7 Å². The minimum absolute atomic E-state index is 0.263. The summed E-state index contributed by atoms with van der Waals surface area (Å²) in [4.78, 5) is 26.5. The van der Waals surface area contributed by atoms with E-state index in [1.165, 1.54) is 12.0 Å². The Morgan fingerprint density at radius 2 is 1.80 bits per heavy atom. The van der Waals surface area contributed by atoms with Crippen LogP contribution in [-0.4, -0.2) is 56.7 Å². The van der Waals surface area contributed by atoms with Crippen LogP contribution in [0.5, 0.6) is 0 Å². The van der Waals surface area contributed by atoms with Crippen LogP contribution in [0.2, 0.25) is 0 Å². The Balaban J connectivity index is 1.47. The predicted molar refractivity (Wildman–Crippen MR) is 117 cm³/mol. The zero-order valence-corrected chi connectivity index (χ0v) is 17.9. The van der Waals surface area contributed by atoms with E-state index in [1.807, 2.05) is 29.5 Å². The summed E-state index contributed by atoms with van der Waals surface area (Å²) in [6.45, 7) is 9.13. The lowest BCUT2D eigenvalue weighted by atomic mass is 9.84. The van der Waals surface area contributed by atoms with Gasteiger partial charge in [0.1, 0.15) is 11.6 Å². The van der Waals surface area contributed by atoms with Gasteiger partial charge in [-0.15, -0.1) is 0 Å². The lowest BCUT2D eigenvalue weighted by molar-refractivity contribution is -0.138. The molecule has 1 aromatic carbocycles. The molecule has 7 nitrogen and oxygen atoms in total. The first kappa shape index (κ1) is 19.0. The number of fused-ring (bicyclic) bond motifs is 1. The van der Waals surface area contributed by atoms with Gasteiger partial charge in [0.2, 0.25) is 5.91 Å². The van der Waals surface area contributed by atoms with Crippen molar-refractivity contribution in [2.45, 2.75) is 40.0 Å². The van der Waals surface area contributed by atoms with Crippen LogP contribution >= 0.6 is 0 Å². The van der Waals surface area contributed by atoms with Crippen LogP contribution in [0.4, 0.5) is 5.82 Å². The summed E-state index contributed by atoms with van der Waals surface area (Å²) in [5.41, 5.74) is 3.96. The molecule has 3 aromatic rings. The van der Waals surface area contributed by atoms with Crippen molar-refractivity contribution >= 4 is 22.8 Å². The van der Waals surface area contributed by atoms with E-state index in [-0.39, 0.29) is 5.92 Å². The Morgan fingerprint density at radius 1 is 1.03 bits per heavy atom. The van der Waals surface area contributed by atoms with E-state index in [1.54, 1.807) is 0 Å². The zero-order chi connectivity index (χ0) is 20.8. The van der Waals surface area contributed by atoms with Gasteiger partial charge in [-0.25, -0.2) is 14.6 Å². The number of aromatic nitrogens is 4. The standard InChI is InChI=1S/C23H28N6O/c1-15-6-4-9-19(14-15)29-22-20(16(2)26-29)21(24-17(3)25-22)27-10-12-28(13-11-27)23(30)18-7-5-8-18/h4,6,9,14,18H,5,7-8,10-13H2,1-3H3. The maximum Gasteiger partial charge on any atom is 0.225 e. The molecule has 1 aliphatic heterocycles. The molecule has 3 heterocycles. The van der Waals surface area contributed by atoms with E-state index >= 15 is 0 Å². The van der Waals surface area contributed by atoms with Crippen LogP contribution < -0.4 is 4.90 Å². The average Bonchev–Trinajstić information content (AvgIpc) is 3.02. The minimum Gasteiger partial charge on any atom is -0.352 e. The third-order valence-corrected chi connectivity index (χ3v) is 6.39. The highest BCUT2D eigenvalue weighted by molar-refractivity contribution is 5.91. The number of rotatable bonds is 3. The molecule has 0 bridgehead atoms. The Hall–Kier alpha value is -2.96. The summed E-state index contributed by atoms with van der Waals surface area (Å²) in [6.07, 6.45) is 3.31. The second-order valence-electron chi connectivity index (χ2n) is 8.57. The van der Waals surface area contributed by atoms with Crippen molar-refractivity contribution in [2.75, 3.05) is 31.1 Å². The van der Waals surface area contributed by atoms with Crippen LogP contribution in [-0.2, 0) is 4.79 Å². The molecule has 2 aliphatic rings. The summed E-state index contributed by atoms with van der Waals surface area (Å²) in [7, 11) is 0. The molecule has 1 aliphatic carbocycles. The molecule has 0 atom stereocenters. The molecule has 156 valence electrons. The molecule has 1 amide bonds. The molecule has 2 fully saturated rings. The van der Waals surface area contributed by atoms with Gasteiger partial charge in [0.05, 0.1) is 16.8 Å². The molecule has 0 unspecified atom stereocenters. The maximum atomic E-state index is 12.6. The molecule has 2 aromatic heterocycles. The van der Waals surface area contributed by atoms with E-state index in [9.17, 15) is 4.79 Å². The fourth-order valence-corrected chi connectivity index (χ4v) is 4.49. The summed E-state index contributed by atoms with van der Waals surface area (Å²) in [5.74, 6) is 2.27. The normalized spacial score (nSPS) is 17.4. The molecular formula is C23H28N6O. The molecule has 30 heavy (non-hydrogen) atoms. The van der Waals surface area contributed by atoms with Gasteiger partial charge in [-0.2, -0.15) is 5.10 Å². The van der Waals surface area contributed by atoms with Crippen molar-refractivity contribution in [3.8, 4) is 5.69 Å². The lowest BCUT2D eigenvalue weighted by Gasteiger charge is -2.38. The predicted octanol–water partition coefficient (Wildman–Crippen LogP) is 3.19. The third kappa shape index (κ3) is 3.22. The highest BCUT2D eigenvalue weighted by Crippen LogP contribution is 2.31. The van der Waals surface area contributed by atoms with Crippen molar-refractivity contribution in [1.82, 2.24) is 24.6 Å². The molecule has 7 heteroatoms. The SMILES string of the molecule is Cc1cccc(-n2nc(C)c3c(N4CCN(C(=O)C5CCC5)CC4)nc(C)nc32)c1. The second kappa shape index (κ2) is 7.38. The number of piperazine rings is 1. The Kier molecular flexibility index (Phi) is 4.68. The first-order valence-corrected chi connectivity index (χ1v) is 10.9. The van der Waals surface area contributed by atoms with Gasteiger partial charge in [0, 0.05) is 32.1 Å². The van der Waals surface area contributed by atoms with Crippen molar-refractivity contribution in [3.63, 3.8) is 0 Å². The summed E-state index contributed by atoms with van der Waals surface area (Å²) in [5, 5.41) is 5.81. The highest BCUT2D eigenvalue weighted by Gasteiger charge is 2.32. The zero-order valence-electron chi connectivity index (χ0n) is 17.9. The van der Waals surface area contributed by atoms with Crippen LogP contribution in [0.1, 0.15) is 36.3 Å². The maximum absolute atomic E-state index is 12.6. The topological polar surface area (TPSA) is 67.2 Å². The van der Waals surface area contributed by atoms with Gasteiger partial charge >= 0.3 is 0 Å². The molecule has 0 N–H and O–H groups in total. The molecule has 1 saturated heterocycles. The Morgan fingerprint density at radius 3 is 2.47 bits per heavy atom. The van der Waals surface area contributed by atoms with Gasteiger partial charge in [-0.3, -0.25) is 4.79 Å². The molecule has 0 radical (unpaired) electrons. The van der Waals surface area contributed by atoms with Crippen LogP contribution in [0.15, 0.2) is 24.3 Å². The minimum atomic E-state index is 0.263. The number of amides is 1. The lowest BCUT2D eigenvalue weighted by Crippen LogP contribution is -2.51. The van der Waals surface area contributed by atoms with Gasteiger partial charge in [0.25, 0.3) is 0 Å². The molecule has 0 spiro atoms. The fraction of sp³-hybridized carbons (Fsp3) is 0.478. The number of carbonyl (C=O) groups excluding carboxylic acids is 1. The van der Waals surface area contributed by atoms with Crippen LogP contribution in [0.3, 0.4) is 0 Å². The van der Waals surface area contributed by atoms with E-state index in [0.717, 1.165) is 73.1 Å². The number of carbonyl (C=O) groups is 1. The Labute approximate surface area is 176 Å². The van der Waals surface area contributed by atoms with E-state index in [2.05, 4.69) is 30.0 Å². The van der Waals surface area contributed by atoms with Crippen LogP contribution in [0.25, 0.3) is 16.7 Å². The van der Waals surface area contributed by atoms with E-state index in [4.69, 9.17) is 15.1 Å². The number of hydrogen-bond donors (Lipinski definition) is 0. The Bertz CT molecular complexity index is 1110. The van der Waals surface area contributed by atoms with Crippen molar-refractivity contribution in [3.05, 3.63) is 41.3 Å². The fourth-order valence-electron chi connectivity index (χ4n) is 4.49. The highest BCUT2D eigenvalue weighted by atomic mass is 16.2. The number of hydrogen-bond acceptors (Lipinski definition) is 5. The first-order valence-electron chi connectivity index (χ1n) is 10.9. The smallest absolute Gasteiger partial charge is 0.225 e. The van der Waals surface area contributed by atoms with Gasteiger partial charge in [-0.05, 0) is 51.3 Å². The van der Waals surface area contributed by atoms with Crippen molar-refractivity contribution in [2.24, 2.45) is 5.92 Å². The van der Waals surface area contributed by atoms with Gasteiger partial charge in [-0.1, -0.05) is 18.6 Å². The number of nitrogens with zero attached hydrogens (tertiary/aromatic N) is 6. The first-order chi connectivity index (χ1) is 14.5. The summed E-state index contributed by atoms with van der Waals surface area (Å²) in [6, 6.07) is 8.30. The van der Waals surface area contributed by atoms with Crippen molar-refractivity contribution < 1.29 is 4.79 Å². The van der Waals surface area contributed by atoms with Gasteiger partial charge < -0.3 is 9.80 Å². The summed E-state index contributed by atoms with van der Waals surface area (Å²) >= 11 is 0. The third-order valence-electron chi connectivity index (χ3n) is 6.39. The van der Waals surface area contributed by atoms with E-state index < -0.39 is 0 Å². The molecule has 5 rings (SSSR count). The number of benzene rings is 1. The monoisotopic (exact) mass is 404 g/mol. The van der Waals surface area contributed by atoms with E-state index in [0.29, 0.717) is 5.91 Å². The average molecular weight is 405 g/mol.